The number of hydrogen-bond acceptors (Lipinski definition) is 7. The van der Waals surface area contributed by atoms with Crippen molar-refractivity contribution in [2.75, 3.05) is 44.7 Å². The van der Waals surface area contributed by atoms with Gasteiger partial charge in [0.1, 0.15) is 22.9 Å². The van der Waals surface area contributed by atoms with E-state index in [1.807, 2.05) is 30.5 Å². The molecule has 2 aliphatic heterocycles. The number of carbonyl (C=O) groups is 1. The lowest BCUT2D eigenvalue weighted by molar-refractivity contribution is -0.0628. The number of nitrogens with one attached hydrogen (secondary N) is 1. The minimum atomic E-state index is 0.413. The number of carbonyl (C=O) groups excluding carboxylic acids is 1. The number of anilines is 1. The zero-order valence-electron chi connectivity index (χ0n) is 30.9. The summed E-state index contributed by atoms with van der Waals surface area (Å²) in [5.74, 6) is 2.82. The standard InChI is InChI=1S/C45H51N5O3/c1-52-38-14-10-32(11-15-38)29-48-22-23-50(42(30-48)41-9-5-4-8-40(41)33-6-2-3-7-33)37-26-45(27-37)17-20-49(21-18-45)36-13-12-35(31-51)43(25-36)53-39-24-34-16-19-46-44(34)47-28-39/h4-5,8-16,19,24-25,28,31,33,37,42H,2-3,6-7,17-18,20-23,26-27,29-30H2,1H3,(H,46,47). The highest BCUT2D eigenvalue weighted by molar-refractivity contribution is 5.81. The van der Waals surface area contributed by atoms with Crippen LogP contribution in [0.1, 0.15) is 90.4 Å². The maximum absolute atomic E-state index is 12.0. The van der Waals surface area contributed by atoms with Gasteiger partial charge in [0.25, 0.3) is 0 Å². The Morgan fingerprint density at radius 2 is 1.68 bits per heavy atom. The molecule has 3 aromatic carbocycles. The quantitative estimate of drug-likeness (QED) is 0.145. The Kier molecular flexibility index (Phi) is 9.43. The highest BCUT2D eigenvalue weighted by atomic mass is 16.5. The fourth-order valence-electron chi connectivity index (χ4n) is 9.95. The number of aldehydes is 1. The molecule has 1 unspecified atom stereocenters. The lowest BCUT2D eigenvalue weighted by atomic mass is 9.59. The van der Waals surface area contributed by atoms with Crippen molar-refractivity contribution in [3.05, 3.63) is 114 Å². The largest absolute Gasteiger partial charge is 0.497 e. The summed E-state index contributed by atoms with van der Waals surface area (Å²) in [6.45, 7) is 6.31. The summed E-state index contributed by atoms with van der Waals surface area (Å²) in [4.78, 5) is 27.6. The Morgan fingerprint density at radius 1 is 0.887 bits per heavy atom. The van der Waals surface area contributed by atoms with Gasteiger partial charge in [-0.25, -0.2) is 4.98 Å². The molecule has 53 heavy (non-hydrogen) atoms. The SMILES string of the molecule is COc1ccc(CN2CCN(C3CC4(CCN(c5ccc(C=O)c(Oc6cnc7[nH]ccc7c6)c5)CC4)C3)C(c3ccccc3C3CCCC3)C2)cc1. The summed E-state index contributed by atoms with van der Waals surface area (Å²) in [6.07, 6.45) is 14.8. The third-order valence-electron chi connectivity index (χ3n) is 12.9. The topological polar surface area (TPSA) is 73.9 Å². The zero-order valence-corrected chi connectivity index (χ0v) is 30.9. The molecule has 8 nitrogen and oxygen atoms in total. The second-order valence-corrected chi connectivity index (χ2v) is 16.0. The van der Waals surface area contributed by atoms with Gasteiger partial charge >= 0.3 is 0 Å². The number of hydrogen-bond donors (Lipinski definition) is 1. The van der Waals surface area contributed by atoms with E-state index >= 15 is 0 Å². The van der Waals surface area contributed by atoms with Crippen molar-refractivity contribution in [1.29, 1.82) is 0 Å². The van der Waals surface area contributed by atoms with Crippen molar-refractivity contribution in [2.24, 2.45) is 5.41 Å². The van der Waals surface area contributed by atoms with Crippen LogP contribution in [0.25, 0.3) is 11.0 Å². The molecule has 2 saturated carbocycles. The summed E-state index contributed by atoms with van der Waals surface area (Å²) >= 11 is 0. The second kappa shape index (κ2) is 14.6. The lowest BCUT2D eigenvalue weighted by Crippen LogP contribution is -2.60. The van der Waals surface area contributed by atoms with Gasteiger partial charge in [0.15, 0.2) is 6.29 Å². The molecule has 1 spiro atoms. The van der Waals surface area contributed by atoms with E-state index < -0.39 is 0 Å². The maximum Gasteiger partial charge on any atom is 0.153 e. The number of piperidine rings is 1. The van der Waals surface area contributed by atoms with Crippen molar-refractivity contribution in [2.45, 2.75) is 75.9 Å². The number of rotatable bonds is 10. The third kappa shape index (κ3) is 6.95. The molecular weight excluding hydrogens is 659 g/mol. The number of nitrogens with zero attached hydrogens (tertiary/aromatic N) is 4. The zero-order chi connectivity index (χ0) is 35.8. The lowest BCUT2D eigenvalue weighted by Gasteiger charge is -2.58. The molecule has 4 fully saturated rings. The summed E-state index contributed by atoms with van der Waals surface area (Å²) in [5, 5.41) is 0.978. The number of piperazine rings is 1. The molecule has 1 atom stereocenters. The smallest absolute Gasteiger partial charge is 0.153 e. The van der Waals surface area contributed by atoms with Gasteiger partial charge in [0.2, 0.25) is 0 Å². The first-order valence-corrected chi connectivity index (χ1v) is 19.7. The molecule has 2 aromatic heterocycles. The van der Waals surface area contributed by atoms with Crippen LogP contribution in [-0.4, -0.2) is 71.9 Å². The van der Waals surface area contributed by atoms with Crippen molar-refractivity contribution in [3.8, 4) is 17.2 Å². The van der Waals surface area contributed by atoms with Gasteiger partial charge in [-0.3, -0.25) is 14.6 Å². The van der Waals surface area contributed by atoms with E-state index in [9.17, 15) is 4.79 Å². The van der Waals surface area contributed by atoms with Crippen LogP contribution in [0, 0.1) is 5.41 Å². The van der Waals surface area contributed by atoms with E-state index in [1.54, 1.807) is 24.4 Å². The average molecular weight is 710 g/mol. The summed E-state index contributed by atoms with van der Waals surface area (Å²) in [7, 11) is 1.74. The van der Waals surface area contributed by atoms with E-state index in [4.69, 9.17) is 9.47 Å². The molecule has 274 valence electrons. The summed E-state index contributed by atoms with van der Waals surface area (Å²) < 4.78 is 11.7. The normalized spacial score (nSPS) is 21.2. The summed E-state index contributed by atoms with van der Waals surface area (Å²) in [5.41, 5.74) is 7.44. The molecule has 4 aliphatic rings. The van der Waals surface area contributed by atoms with Gasteiger partial charge in [0.05, 0.1) is 18.9 Å². The summed E-state index contributed by atoms with van der Waals surface area (Å²) in [6, 6.07) is 29.0. The molecule has 9 rings (SSSR count). The number of H-pyrrole nitrogens is 1. The Bertz CT molecular complexity index is 2040. The van der Waals surface area contributed by atoms with Crippen LogP contribution >= 0.6 is 0 Å². The van der Waals surface area contributed by atoms with Gasteiger partial charge in [-0.15, -0.1) is 0 Å². The van der Waals surface area contributed by atoms with Crippen LogP contribution < -0.4 is 14.4 Å². The fraction of sp³-hybridized carbons (Fsp3) is 0.422. The molecule has 0 radical (unpaired) electrons. The highest BCUT2D eigenvalue weighted by Crippen LogP contribution is 2.53. The first-order valence-electron chi connectivity index (χ1n) is 19.7. The Balaban J connectivity index is 0.882. The molecule has 4 heterocycles. The van der Waals surface area contributed by atoms with Crippen LogP contribution in [0.5, 0.6) is 17.2 Å². The van der Waals surface area contributed by atoms with E-state index in [1.165, 1.54) is 56.9 Å². The van der Waals surface area contributed by atoms with E-state index in [0.717, 1.165) is 68.0 Å². The van der Waals surface area contributed by atoms with Gasteiger partial charge in [-0.05, 0) is 103 Å². The molecule has 2 aliphatic carbocycles. The number of aromatic amines is 1. The van der Waals surface area contributed by atoms with Gasteiger partial charge in [0, 0.05) is 74.7 Å². The van der Waals surface area contributed by atoms with Crippen molar-refractivity contribution in [3.63, 3.8) is 0 Å². The molecule has 5 aromatic rings. The first-order chi connectivity index (χ1) is 26.1. The molecule has 0 amide bonds. The Labute approximate surface area is 313 Å². The molecule has 1 N–H and O–H groups in total. The molecule has 2 saturated heterocycles. The number of pyridine rings is 1. The number of ether oxygens (including phenoxy) is 2. The Hall–Kier alpha value is -4.66. The average Bonchev–Trinajstić information content (AvgIpc) is 3.91. The third-order valence-corrected chi connectivity index (χ3v) is 12.9. The van der Waals surface area contributed by atoms with Crippen LogP contribution in [0.15, 0.2) is 91.3 Å². The fourth-order valence-corrected chi connectivity index (χ4v) is 9.95. The second-order valence-electron chi connectivity index (χ2n) is 16.0. The maximum atomic E-state index is 12.0. The van der Waals surface area contributed by atoms with E-state index in [-0.39, 0.29) is 0 Å². The van der Waals surface area contributed by atoms with Crippen LogP contribution in [-0.2, 0) is 6.54 Å². The Morgan fingerprint density at radius 3 is 2.45 bits per heavy atom. The van der Waals surface area contributed by atoms with E-state index in [0.29, 0.717) is 40.5 Å². The van der Waals surface area contributed by atoms with Crippen molar-refractivity contribution < 1.29 is 14.3 Å². The molecular formula is C45H51N5O3. The molecule has 8 heteroatoms. The van der Waals surface area contributed by atoms with Gasteiger partial charge < -0.3 is 19.4 Å². The van der Waals surface area contributed by atoms with Crippen molar-refractivity contribution in [1.82, 2.24) is 19.8 Å². The predicted molar refractivity (Wildman–Crippen MR) is 210 cm³/mol. The first kappa shape index (κ1) is 34.1. The number of methoxy groups -OCH3 is 1. The van der Waals surface area contributed by atoms with Gasteiger partial charge in [-0.1, -0.05) is 49.2 Å². The number of benzene rings is 3. The minimum absolute atomic E-state index is 0.413. The van der Waals surface area contributed by atoms with Crippen LogP contribution in [0.4, 0.5) is 5.69 Å². The van der Waals surface area contributed by atoms with Gasteiger partial charge in [-0.2, -0.15) is 0 Å². The number of fused-ring (bicyclic) bond motifs is 1. The van der Waals surface area contributed by atoms with Crippen LogP contribution in [0.2, 0.25) is 0 Å². The highest BCUT2D eigenvalue weighted by Gasteiger charge is 2.50. The predicted octanol–water partition coefficient (Wildman–Crippen LogP) is 9.14. The number of aromatic nitrogens is 2. The minimum Gasteiger partial charge on any atom is -0.497 e. The monoisotopic (exact) mass is 709 g/mol. The van der Waals surface area contributed by atoms with E-state index in [2.05, 4.69) is 79.3 Å². The van der Waals surface area contributed by atoms with Crippen LogP contribution in [0.3, 0.4) is 0 Å². The molecule has 0 bridgehead atoms. The van der Waals surface area contributed by atoms with Crippen molar-refractivity contribution >= 4 is 23.0 Å².